The molecule has 6 heteroatoms. The van der Waals surface area contributed by atoms with E-state index in [0.717, 1.165) is 23.3 Å². The summed E-state index contributed by atoms with van der Waals surface area (Å²) in [5.41, 5.74) is 1.42. The first-order chi connectivity index (χ1) is 11.5. The van der Waals surface area contributed by atoms with E-state index in [1.54, 1.807) is 0 Å². The molecule has 2 unspecified atom stereocenters. The molecule has 0 N–H and O–H groups in total. The molecule has 0 saturated carbocycles. The maximum absolute atomic E-state index is 12.9. The molecule has 2 aromatic carbocycles. The van der Waals surface area contributed by atoms with E-state index in [4.69, 9.17) is 9.47 Å². The van der Waals surface area contributed by atoms with Crippen LogP contribution in [-0.2, 0) is 22.3 Å². The van der Waals surface area contributed by atoms with Crippen LogP contribution in [0.4, 0.5) is 13.2 Å². The van der Waals surface area contributed by atoms with Gasteiger partial charge >= 0.3 is 6.18 Å². The molecular formula is C18H14F3NO2. The zero-order valence-corrected chi connectivity index (χ0v) is 12.6. The minimum Gasteiger partial charge on any atom is -0.469 e. The molecule has 124 valence electrons. The van der Waals surface area contributed by atoms with E-state index >= 15 is 0 Å². The standard InChI is InChI=1S/C18H14F3NO2/c19-18(20,21)13-6-7-14-12(8-13)9-23-10-15-16(14)22-17(24-15)11-4-2-1-3-5-11/h1-8,15-16H,9-10H2. The molecule has 0 radical (unpaired) electrons. The van der Waals surface area contributed by atoms with Gasteiger partial charge in [0, 0.05) is 5.56 Å². The molecule has 0 aliphatic carbocycles. The molecule has 0 amide bonds. The number of hydrogen-bond acceptors (Lipinski definition) is 3. The van der Waals surface area contributed by atoms with Crippen LogP contribution in [0.5, 0.6) is 0 Å². The van der Waals surface area contributed by atoms with Gasteiger partial charge in [-0.25, -0.2) is 4.99 Å². The normalized spacial score (nSPS) is 22.9. The molecule has 4 rings (SSSR count). The summed E-state index contributed by atoms with van der Waals surface area (Å²) in [6.07, 6.45) is -4.69. The van der Waals surface area contributed by atoms with Gasteiger partial charge < -0.3 is 9.47 Å². The van der Waals surface area contributed by atoms with Crippen molar-refractivity contribution >= 4 is 5.90 Å². The van der Waals surface area contributed by atoms with Crippen molar-refractivity contribution in [2.75, 3.05) is 6.61 Å². The third kappa shape index (κ3) is 2.67. The van der Waals surface area contributed by atoms with Gasteiger partial charge in [0.25, 0.3) is 0 Å². The SMILES string of the molecule is FC(F)(F)c1ccc2c(c1)COCC1OC(c3ccccc3)=NC21. The van der Waals surface area contributed by atoms with Crippen LogP contribution in [0, 0.1) is 0 Å². The maximum atomic E-state index is 12.9. The van der Waals surface area contributed by atoms with E-state index in [9.17, 15) is 13.2 Å². The number of rotatable bonds is 1. The fraction of sp³-hybridized carbons (Fsp3) is 0.278. The van der Waals surface area contributed by atoms with Gasteiger partial charge in [-0.05, 0) is 35.4 Å². The fourth-order valence-corrected chi connectivity index (χ4v) is 3.05. The van der Waals surface area contributed by atoms with E-state index in [1.807, 2.05) is 30.3 Å². The number of hydrogen-bond donors (Lipinski definition) is 0. The number of benzene rings is 2. The first kappa shape index (κ1) is 15.2. The minimum absolute atomic E-state index is 0.131. The number of alkyl halides is 3. The molecule has 0 bridgehead atoms. The lowest BCUT2D eigenvalue weighted by Crippen LogP contribution is -2.21. The Morgan fingerprint density at radius 3 is 2.58 bits per heavy atom. The number of ether oxygens (including phenoxy) is 2. The average Bonchev–Trinajstić information content (AvgIpc) is 2.91. The van der Waals surface area contributed by atoms with Crippen molar-refractivity contribution in [1.29, 1.82) is 0 Å². The smallest absolute Gasteiger partial charge is 0.416 e. The van der Waals surface area contributed by atoms with Crippen molar-refractivity contribution in [3.63, 3.8) is 0 Å². The number of halogens is 3. The van der Waals surface area contributed by atoms with E-state index in [1.165, 1.54) is 6.07 Å². The Morgan fingerprint density at radius 1 is 1.04 bits per heavy atom. The van der Waals surface area contributed by atoms with Gasteiger partial charge in [0.05, 0.1) is 18.8 Å². The van der Waals surface area contributed by atoms with Crippen molar-refractivity contribution in [3.05, 3.63) is 70.8 Å². The van der Waals surface area contributed by atoms with Crippen LogP contribution < -0.4 is 0 Å². The van der Waals surface area contributed by atoms with E-state index in [0.29, 0.717) is 18.1 Å². The molecule has 0 spiro atoms. The Balaban J connectivity index is 1.73. The molecule has 2 aromatic rings. The van der Waals surface area contributed by atoms with Gasteiger partial charge in [0.2, 0.25) is 5.90 Å². The Labute approximate surface area is 136 Å². The van der Waals surface area contributed by atoms with Gasteiger partial charge in [-0.1, -0.05) is 24.3 Å². The molecular weight excluding hydrogens is 319 g/mol. The van der Waals surface area contributed by atoms with E-state index in [-0.39, 0.29) is 18.8 Å². The predicted octanol–water partition coefficient (Wildman–Crippen LogP) is 4.12. The maximum Gasteiger partial charge on any atom is 0.416 e. The second-order valence-corrected chi connectivity index (χ2v) is 5.83. The second kappa shape index (κ2) is 5.63. The Hall–Kier alpha value is -2.34. The van der Waals surface area contributed by atoms with Crippen molar-refractivity contribution in [3.8, 4) is 0 Å². The van der Waals surface area contributed by atoms with Crippen LogP contribution in [-0.4, -0.2) is 18.6 Å². The highest BCUT2D eigenvalue weighted by Crippen LogP contribution is 2.38. The van der Waals surface area contributed by atoms with Gasteiger partial charge in [-0.15, -0.1) is 0 Å². The van der Waals surface area contributed by atoms with E-state index in [2.05, 4.69) is 4.99 Å². The lowest BCUT2D eigenvalue weighted by molar-refractivity contribution is -0.137. The van der Waals surface area contributed by atoms with Gasteiger partial charge in [0.1, 0.15) is 6.04 Å². The highest BCUT2D eigenvalue weighted by molar-refractivity contribution is 5.95. The summed E-state index contributed by atoms with van der Waals surface area (Å²) < 4.78 is 50.2. The first-order valence-corrected chi connectivity index (χ1v) is 7.60. The van der Waals surface area contributed by atoms with Crippen LogP contribution in [0.25, 0.3) is 0 Å². The highest BCUT2D eigenvalue weighted by Gasteiger charge is 2.38. The zero-order valence-electron chi connectivity index (χ0n) is 12.6. The summed E-state index contributed by atoms with van der Waals surface area (Å²) in [7, 11) is 0. The third-order valence-electron chi connectivity index (χ3n) is 4.22. The summed E-state index contributed by atoms with van der Waals surface area (Å²) in [6, 6.07) is 12.8. The molecule has 2 aliphatic heterocycles. The van der Waals surface area contributed by atoms with Crippen molar-refractivity contribution < 1.29 is 22.6 Å². The number of fused-ring (bicyclic) bond motifs is 3. The Bertz CT molecular complexity index is 787. The molecule has 24 heavy (non-hydrogen) atoms. The predicted molar refractivity (Wildman–Crippen MR) is 81.7 cm³/mol. The summed E-state index contributed by atoms with van der Waals surface area (Å²) in [5.74, 6) is 0.502. The quantitative estimate of drug-likeness (QED) is 0.786. The molecule has 0 aromatic heterocycles. The monoisotopic (exact) mass is 333 g/mol. The fourth-order valence-electron chi connectivity index (χ4n) is 3.05. The molecule has 0 fully saturated rings. The molecule has 0 saturated heterocycles. The van der Waals surface area contributed by atoms with Crippen LogP contribution in [0.15, 0.2) is 53.5 Å². The van der Waals surface area contributed by atoms with Gasteiger partial charge in [0.15, 0.2) is 6.10 Å². The third-order valence-corrected chi connectivity index (χ3v) is 4.22. The molecule has 2 heterocycles. The summed E-state index contributed by atoms with van der Waals surface area (Å²) in [5, 5.41) is 0. The zero-order chi connectivity index (χ0) is 16.7. The van der Waals surface area contributed by atoms with Crippen LogP contribution in [0.1, 0.15) is 28.3 Å². The van der Waals surface area contributed by atoms with Crippen molar-refractivity contribution in [1.82, 2.24) is 0 Å². The summed E-state index contributed by atoms with van der Waals surface area (Å²) in [6.45, 7) is 0.423. The topological polar surface area (TPSA) is 30.8 Å². The van der Waals surface area contributed by atoms with Gasteiger partial charge in [-0.2, -0.15) is 13.2 Å². The lowest BCUT2D eigenvalue weighted by Gasteiger charge is -2.16. The second-order valence-electron chi connectivity index (χ2n) is 5.83. The molecule has 2 atom stereocenters. The molecule has 3 nitrogen and oxygen atoms in total. The Kier molecular flexibility index (Phi) is 3.57. The van der Waals surface area contributed by atoms with Crippen molar-refractivity contribution in [2.24, 2.45) is 4.99 Å². The van der Waals surface area contributed by atoms with Crippen LogP contribution >= 0.6 is 0 Å². The summed E-state index contributed by atoms with van der Waals surface area (Å²) in [4.78, 5) is 4.61. The number of nitrogens with zero attached hydrogens (tertiary/aromatic N) is 1. The molecule has 2 aliphatic rings. The highest BCUT2D eigenvalue weighted by atomic mass is 19.4. The number of aliphatic imine (C=N–C) groups is 1. The van der Waals surface area contributed by atoms with Crippen LogP contribution in [0.3, 0.4) is 0 Å². The first-order valence-electron chi connectivity index (χ1n) is 7.60. The summed E-state index contributed by atoms with van der Waals surface area (Å²) >= 11 is 0. The van der Waals surface area contributed by atoms with Gasteiger partial charge in [-0.3, -0.25) is 0 Å². The minimum atomic E-state index is -4.37. The van der Waals surface area contributed by atoms with E-state index < -0.39 is 11.7 Å². The largest absolute Gasteiger partial charge is 0.469 e. The Morgan fingerprint density at radius 2 is 1.83 bits per heavy atom. The lowest BCUT2D eigenvalue weighted by atomic mass is 9.96. The van der Waals surface area contributed by atoms with Crippen LogP contribution in [0.2, 0.25) is 0 Å². The van der Waals surface area contributed by atoms with Crippen molar-refractivity contribution in [2.45, 2.75) is 24.9 Å². The average molecular weight is 333 g/mol.